The first-order valence-electron chi connectivity index (χ1n) is 9.22. The summed E-state index contributed by atoms with van der Waals surface area (Å²) in [5, 5.41) is 13.2. The fourth-order valence-corrected chi connectivity index (χ4v) is 5.91. The van der Waals surface area contributed by atoms with Crippen molar-refractivity contribution in [2.75, 3.05) is 0 Å². The third-order valence-corrected chi connectivity index (χ3v) is 7.36. The molecule has 0 N–H and O–H groups in total. The predicted molar refractivity (Wildman–Crippen MR) is 122 cm³/mol. The molecule has 0 aliphatic carbocycles. The summed E-state index contributed by atoms with van der Waals surface area (Å²) < 4.78 is 7.26. The summed E-state index contributed by atoms with van der Waals surface area (Å²) in [4.78, 5) is 20.4. The molecule has 0 amide bonds. The van der Waals surface area contributed by atoms with Gasteiger partial charge in [-0.3, -0.25) is 9.36 Å². The van der Waals surface area contributed by atoms with E-state index in [0.29, 0.717) is 22.3 Å². The predicted octanol–water partition coefficient (Wildman–Crippen LogP) is 5.72. The van der Waals surface area contributed by atoms with Crippen LogP contribution in [0.3, 0.4) is 0 Å². The van der Waals surface area contributed by atoms with Crippen molar-refractivity contribution in [3.8, 4) is 16.1 Å². The highest BCUT2D eigenvalue weighted by molar-refractivity contribution is 7.99. The molecule has 0 bridgehead atoms. The summed E-state index contributed by atoms with van der Waals surface area (Å²) in [5.74, 6) is 1.03. The number of para-hydroxylation sites is 1. The maximum absolute atomic E-state index is 13.7. The van der Waals surface area contributed by atoms with Crippen molar-refractivity contribution in [1.29, 1.82) is 0 Å². The molecule has 150 valence electrons. The SMILES string of the molecule is Cc1nnc(C(C)Sc2nc3scc(-c4cccs4)c3c(=O)n2-c2ccccc2)o1. The Morgan fingerprint density at radius 3 is 2.63 bits per heavy atom. The number of rotatable bonds is 5. The van der Waals surface area contributed by atoms with Gasteiger partial charge in [0, 0.05) is 22.7 Å². The molecule has 1 unspecified atom stereocenters. The maximum atomic E-state index is 13.7. The standard InChI is InChI=1S/C21H16N4O2S3/c1-12(18-24-23-13(2)27-18)30-21-22-19-17(15(11-29-19)16-9-6-10-28-16)20(26)25(21)14-7-4-3-5-8-14/h3-12H,1-2H3. The molecule has 5 aromatic rings. The Labute approximate surface area is 184 Å². The summed E-state index contributed by atoms with van der Waals surface area (Å²) in [6, 6.07) is 13.6. The van der Waals surface area contributed by atoms with E-state index in [4.69, 9.17) is 9.40 Å². The number of aromatic nitrogens is 4. The molecule has 0 spiro atoms. The Morgan fingerprint density at radius 2 is 1.93 bits per heavy atom. The first-order chi connectivity index (χ1) is 14.6. The van der Waals surface area contributed by atoms with Gasteiger partial charge in [-0.05, 0) is 30.5 Å². The molecule has 4 aromatic heterocycles. The van der Waals surface area contributed by atoms with Gasteiger partial charge in [0.15, 0.2) is 5.16 Å². The second-order valence-electron chi connectivity index (χ2n) is 6.60. The normalized spacial score (nSPS) is 12.5. The highest BCUT2D eigenvalue weighted by Crippen LogP contribution is 2.38. The van der Waals surface area contributed by atoms with Crippen LogP contribution in [0.25, 0.3) is 26.3 Å². The van der Waals surface area contributed by atoms with Crippen molar-refractivity contribution in [2.45, 2.75) is 24.3 Å². The monoisotopic (exact) mass is 452 g/mol. The minimum Gasteiger partial charge on any atom is -0.424 e. The summed E-state index contributed by atoms with van der Waals surface area (Å²) in [7, 11) is 0. The number of aryl methyl sites for hydroxylation is 1. The lowest BCUT2D eigenvalue weighted by atomic mass is 10.2. The molecular weight excluding hydrogens is 436 g/mol. The number of hydrogen-bond acceptors (Lipinski definition) is 8. The van der Waals surface area contributed by atoms with Crippen LogP contribution in [0, 0.1) is 6.92 Å². The zero-order chi connectivity index (χ0) is 20.7. The second-order valence-corrected chi connectivity index (χ2v) is 9.71. The molecule has 0 saturated carbocycles. The summed E-state index contributed by atoms with van der Waals surface area (Å²) >= 11 is 4.54. The molecule has 0 fully saturated rings. The van der Waals surface area contributed by atoms with E-state index in [1.807, 2.05) is 60.1 Å². The van der Waals surface area contributed by atoms with Crippen LogP contribution in [0.4, 0.5) is 0 Å². The van der Waals surface area contributed by atoms with Crippen LogP contribution in [0.15, 0.2) is 67.6 Å². The van der Waals surface area contributed by atoms with Gasteiger partial charge >= 0.3 is 0 Å². The lowest BCUT2D eigenvalue weighted by Crippen LogP contribution is -2.21. The molecule has 1 atom stereocenters. The number of nitrogens with zero attached hydrogens (tertiary/aromatic N) is 4. The summed E-state index contributed by atoms with van der Waals surface area (Å²) in [6.45, 7) is 3.73. The smallest absolute Gasteiger partial charge is 0.268 e. The Balaban J connectivity index is 1.71. The van der Waals surface area contributed by atoms with Gasteiger partial charge in [-0.15, -0.1) is 32.9 Å². The first-order valence-corrected chi connectivity index (χ1v) is 11.9. The Morgan fingerprint density at radius 1 is 1.10 bits per heavy atom. The molecule has 30 heavy (non-hydrogen) atoms. The quantitative estimate of drug-likeness (QED) is 0.251. The van der Waals surface area contributed by atoms with Gasteiger partial charge in [-0.1, -0.05) is 36.0 Å². The largest absolute Gasteiger partial charge is 0.424 e. The minimum atomic E-state index is -0.151. The van der Waals surface area contributed by atoms with E-state index in [1.54, 1.807) is 22.8 Å². The van der Waals surface area contributed by atoms with Crippen molar-refractivity contribution < 1.29 is 4.42 Å². The Bertz CT molecular complexity index is 1370. The molecule has 0 aliphatic heterocycles. The van der Waals surface area contributed by atoms with Gasteiger partial charge in [0.2, 0.25) is 11.8 Å². The topological polar surface area (TPSA) is 73.8 Å². The fourth-order valence-electron chi connectivity index (χ4n) is 3.15. The van der Waals surface area contributed by atoms with E-state index in [-0.39, 0.29) is 10.8 Å². The molecule has 1 aromatic carbocycles. The van der Waals surface area contributed by atoms with Gasteiger partial charge in [0.1, 0.15) is 4.83 Å². The summed E-state index contributed by atoms with van der Waals surface area (Å²) in [6.07, 6.45) is 0. The van der Waals surface area contributed by atoms with Gasteiger partial charge in [-0.25, -0.2) is 4.98 Å². The van der Waals surface area contributed by atoms with E-state index >= 15 is 0 Å². The third kappa shape index (κ3) is 3.38. The lowest BCUT2D eigenvalue weighted by Gasteiger charge is -2.14. The molecule has 0 aliphatic rings. The molecule has 9 heteroatoms. The summed E-state index contributed by atoms with van der Waals surface area (Å²) in [5.41, 5.74) is 1.63. The lowest BCUT2D eigenvalue weighted by molar-refractivity contribution is 0.470. The van der Waals surface area contributed by atoms with Crippen LogP contribution >= 0.6 is 34.4 Å². The molecule has 6 nitrogen and oxygen atoms in total. The maximum Gasteiger partial charge on any atom is 0.268 e. The minimum absolute atomic E-state index is 0.0766. The van der Waals surface area contributed by atoms with Crippen LogP contribution in [-0.2, 0) is 0 Å². The van der Waals surface area contributed by atoms with Crippen LogP contribution in [0.5, 0.6) is 0 Å². The average Bonchev–Trinajstić information content (AvgIpc) is 3.49. The zero-order valence-electron chi connectivity index (χ0n) is 16.1. The van der Waals surface area contributed by atoms with E-state index < -0.39 is 0 Å². The van der Waals surface area contributed by atoms with Crippen molar-refractivity contribution in [3.05, 3.63) is 75.4 Å². The van der Waals surface area contributed by atoms with Gasteiger partial charge in [0.25, 0.3) is 5.56 Å². The van der Waals surface area contributed by atoms with Crippen molar-refractivity contribution >= 4 is 44.7 Å². The third-order valence-electron chi connectivity index (χ3n) is 4.55. The van der Waals surface area contributed by atoms with Gasteiger partial charge < -0.3 is 4.42 Å². The van der Waals surface area contributed by atoms with Crippen LogP contribution in [0.1, 0.15) is 24.0 Å². The average molecular weight is 453 g/mol. The molecule has 0 saturated heterocycles. The van der Waals surface area contributed by atoms with Crippen LogP contribution in [0.2, 0.25) is 0 Å². The molecule has 5 rings (SSSR count). The number of thioether (sulfide) groups is 1. The Hall–Kier alpha value is -2.75. The highest BCUT2D eigenvalue weighted by atomic mass is 32.2. The number of thiophene rings is 2. The van der Waals surface area contributed by atoms with E-state index in [1.165, 1.54) is 23.1 Å². The number of hydrogen-bond donors (Lipinski definition) is 0. The Kier molecular flexibility index (Phi) is 5.01. The van der Waals surface area contributed by atoms with Crippen LogP contribution < -0.4 is 5.56 Å². The first kappa shape index (κ1) is 19.2. The van der Waals surface area contributed by atoms with Gasteiger partial charge in [-0.2, -0.15) is 0 Å². The van der Waals surface area contributed by atoms with E-state index in [0.717, 1.165) is 21.0 Å². The van der Waals surface area contributed by atoms with Crippen molar-refractivity contribution in [2.24, 2.45) is 0 Å². The number of fused-ring (bicyclic) bond motifs is 1. The van der Waals surface area contributed by atoms with Gasteiger partial charge in [0.05, 0.1) is 16.3 Å². The molecule has 0 radical (unpaired) electrons. The molecule has 4 heterocycles. The van der Waals surface area contributed by atoms with Crippen LogP contribution in [-0.4, -0.2) is 19.7 Å². The van der Waals surface area contributed by atoms with E-state index in [9.17, 15) is 4.79 Å². The van der Waals surface area contributed by atoms with Crippen molar-refractivity contribution in [1.82, 2.24) is 19.7 Å². The van der Waals surface area contributed by atoms with E-state index in [2.05, 4.69) is 10.2 Å². The van der Waals surface area contributed by atoms with Crippen molar-refractivity contribution in [3.63, 3.8) is 0 Å². The fraction of sp³-hybridized carbons (Fsp3) is 0.143. The highest BCUT2D eigenvalue weighted by Gasteiger charge is 2.22. The zero-order valence-corrected chi connectivity index (χ0v) is 18.6. The molecular formula is C21H16N4O2S3. The second kappa shape index (κ2) is 7.82. The number of benzene rings is 1.